The van der Waals surface area contributed by atoms with Crippen LogP contribution < -0.4 is 4.74 Å². The van der Waals surface area contributed by atoms with Gasteiger partial charge in [0, 0.05) is 15.1 Å². The number of aromatic carboxylic acids is 1. The molecule has 0 saturated heterocycles. The van der Waals surface area contributed by atoms with Crippen LogP contribution in [0.15, 0.2) is 65.1 Å². The molecule has 6 heteroatoms. The summed E-state index contributed by atoms with van der Waals surface area (Å²) < 4.78 is 7.12. The molecule has 1 aliphatic rings. The van der Waals surface area contributed by atoms with Crippen LogP contribution in [0.5, 0.6) is 5.75 Å². The second-order valence-corrected chi connectivity index (χ2v) is 8.43. The van der Waals surface area contributed by atoms with Crippen LogP contribution >= 0.6 is 27.5 Å². The average molecular weight is 485 g/mol. The summed E-state index contributed by atoms with van der Waals surface area (Å²) >= 11 is 9.54. The maximum absolute atomic E-state index is 11.3. The highest BCUT2D eigenvalue weighted by atomic mass is 79.9. The molecule has 1 aromatic heterocycles. The number of hydrogen-bond acceptors (Lipinski definition) is 3. The van der Waals surface area contributed by atoms with Gasteiger partial charge in [-0.1, -0.05) is 45.7 Å². The van der Waals surface area contributed by atoms with E-state index >= 15 is 0 Å². The first kappa shape index (κ1) is 20.6. The zero-order valence-electron chi connectivity index (χ0n) is 16.1. The van der Waals surface area contributed by atoms with Crippen molar-refractivity contribution >= 4 is 44.6 Å². The largest absolute Gasteiger partial charge is 0.488 e. The van der Waals surface area contributed by atoms with Crippen LogP contribution in [0, 0.1) is 0 Å². The molecule has 3 aromatic rings. The van der Waals surface area contributed by atoms with Gasteiger partial charge in [-0.25, -0.2) is 9.78 Å². The summed E-state index contributed by atoms with van der Waals surface area (Å²) in [6.45, 7) is 0.432. The Labute approximate surface area is 188 Å². The van der Waals surface area contributed by atoms with E-state index < -0.39 is 5.97 Å². The standard InChI is InChI=1S/C24H19BrClNO3/c25-16-9-12-23(30-14-15-7-10-17(26)11-8-15)20(13-16)18-3-1-4-19(18)21-5-2-6-22(27-21)24(28)29/h2,5-13H,1,3-4,14H2,(H,28,29). The number of carboxylic acid groups (broad SMARTS) is 1. The number of carboxylic acids is 1. The molecular formula is C24H19BrClNO3. The molecule has 30 heavy (non-hydrogen) atoms. The van der Waals surface area contributed by atoms with Crippen LogP contribution in [-0.2, 0) is 6.61 Å². The Hall–Kier alpha value is -2.63. The lowest BCUT2D eigenvalue weighted by Gasteiger charge is -2.15. The first-order valence-corrected chi connectivity index (χ1v) is 10.8. The van der Waals surface area contributed by atoms with Crippen LogP contribution in [0.2, 0.25) is 5.02 Å². The minimum Gasteiger partial charge on any atom is -0.488 e. The number of hydrogen-bond donors (Lipinski definition) is 1. The number of benzene rings is 2. The second-order valence-electron chi connectivity index (χ2n) is 7.08. The Morgan fingerprint density at radius 1 is 1.07 bits per heavy atom. The molecule has 1 heterocycles. The Morgan fingerprint density at radius 3 is 2.60 bits per heavy atom. The first-order chi connectivity index (χ1) is 14.5. The van der Waals surface area contributed by atoms with Gasteiger partial charge < -0.3 is 9.84 Å². The van der Waals surface area contributed by atoms with Gasteiger partial charge in [-0.2, -0.15) is 0 Å². The first-order valence-electron chi connectivity index (χ1n) is 9.61. The Kier molecular flexibility index (Phi) is 6.21. The van der Waals surface area contributed by atoms with E-state index in [1.54, 1.807) is 6.07 Å². The molecule has 2 aromatic carbocycles. The van der Waals surface area contributed by atoms with E-state index in [1.807, 2.05) is 42.5 Å². The normalized spacial score (nSPS) is 13.5. The smallest absolute Gasteiger partial charge is 0.354 e. The van der Waals surface area contributed by atoms with Gasteiger partial charge in [-0.3, -0.25) is 0 Å². The predicted molar refractivity (Wildman–Crippen MR) is 122 cm³/mol. The van der Waals surface area contributed by atoms with Crippen LogP contribution in [0.25, 0.3) is 11.1 Å². The molecule has 4 nitrogen and oxygen atoms in total. The second kappa shape index (κ2) is 9.02. The van der Waals surface area contributed by atoms with Crippen molar-refractivity contribution in [3.8, 4) is 5.75 Å². The fraction of sp³-hybridized carbons (Fsp3) is 0.167. The topological polar surface area (TPSA) is 59.4 Å². The molecule has 0 fully saturated rings. The third kappa shape index (κ3) is 4.58. The van der Waals surface area contributed by atoms with Gasteiger partial charge in [0.15, 0.2) is 0 Å². The van der Waals surface area contributed by atoms with Crippen molar-refractivity contribution in [2.45, 2.75) is 25.9 Å². The van der Waals surface area contributed by atoms with Crippen molar-refractivity contribution in [3.63, 3.8) is 0 Å². The number of ether oxygens (including phenoxy) is 1. The highest BCUT2D eigenvalue weighted by Crippen LogP contribution is 2.43. The fourth-order valence-corrected chi connectivity index (χ4v) is 4.14. The minimum absolute atomic E-state index is 0.0553. The molecule has 0 saturated carbocycles. The van der Waals surface area contributed by atoms with Crippen molar-refractivity contribution in [1.82, 2.24) is 4.98 Å². The zero-order valence-corrected chi connectivity index (χ0v) is 18.4. The Bertz CT molecular complexity index is 1130. The molecule has 0 aliphatic heterocycles. The Balaban J connectivity index is 1.70. The highest BCUT2D eigenvalue weighted by Gasteiger charge is 2.22. The van der Waals surface area contributed by atoms with Crippen molar-refractivity contribution in [1.29, 1.82) is 0 Å². The van der Waals surface area contributed by atoms with Crippen LogP contribution in [0.1, 0.15) is 46.6 Å². The average Bonchev–Trinajstić information content (AvgIpc) is 3.24. The number of allylic oxidation sites excluding steroid dienone is 2. The van der Waals surface area contributed by atoms with E-state index in [-0.39, 0.29) is 5.69 Å². The van der Waals surface area contributed by atoms with E-state index in [0.717, 1.165) is 51.8 Å². The summed E-state index contributed by atoms with van der Waals surface area (Å²) in [5, 5.41) is 9.99. The Morgan fingerprint density at radius 2 is 1.83 bits per heavy atom. The van der Waals surface area contributed by atoms with E-state index in [0.29, 0.717) is 17.3 Å². The van der Waals surface area contributed by atoms with Crippen LogP contribution in [-0.4, -0.2) is 16.1 Å². The molecule has 0 bridgehead atoms. The summed E-state index contributed by atoms with van der Waals surface area (Å²) in [7, 11) is 0. The summed E-state index contributed by atoms with van der Waals surface area (Å²) in [5.41, 5.74) is 5.04. The molecule has 0 spiro atoms. The predicted octanol–water partition coefficient (Wildman–Crippen LogP) is 6.87. The minimum atomic E-state index is -1.02. The van der Waals surface area contributed by atoms with Crippen LogP contribution in [0.4, 0.5) is 0 Å². The zero-order chi connectivity index (χ0) is 21.1. The molecular weight excluding hydrogens is 466 g/mol. The van der Waals surface area contributed by atoms with Gasteiger partial charge in [0.25, 0.3) is 0 Å². The van der Waals surface area contributed by atoms with Gasteiger partial charge in [0.2, 0.25) is 0 Å². The summed E-state index contributed by atoms with van der Waals surface area (Å²) in [6, 6.07) is 18.7. The third-order valence-electron chi connectivity index (χ3n) is 5.07. The van der Waals surface area contributed by atoms with Gasteiger partial charge in [-0.15, -0.1) is 0 Å². The molecule has 0 radical (unpaired) electrons. The maximum atomic E-state index is 11.3. The summed E-state index contributed by atoms with van der Waals surface area (Å²) in [6.07, 6.45) is 2.74. The monoisotopic (exact) mass is 483 g/mol. The number of carbonyl (C=O) groups is 1. The molecule has 152 valence electrons. The number of halogens is 2. The van der Waals surface area contributed by atoms with E-state index in [1.165, 1.54) is 6.07 Å². The van der Waals surface area contributed by atoms with Gasteiger partial charge in [0.05, 0.1) is 5.69 Å². The third-order valence-corrected chi connectivity index (χ3v) is 5.81. The SMILES string of the molecule is O=C(O)c1cccc(C2=C(c3cc(Br)ccc3OCc3ccc(Cl)cc3)CCC2)n1. The molecule has 0 amide bonds. The summed E-state index contributed by atoms with van der Waals surface area (Å²) in [5.74, 6) is -0.233. The molecule has 1 aliphatic carbocycles. The highest BCUT2D eigenvalue weighted by molar-refractivity contribution is 9.10. The fourth-order valence-electron chi connectivity index (χ4n) is 3.65. The molecule has 0 atom stereocenters. The molecule has 1 N–H and O–H groups in total. The lowest BCUT2D eigenvalue weighted by Crippen LogP contribution is -2.02. The van der Waals surface area contributed by atoms with Crippen molar-refractivity contribution in [3.05, 3.63) is 92.7 Å². The lowest BCUT2D eigenvalue weighted by molar-refractivity contribution is 0.0690. The number of nitrogens with zero attached hydrogens (tertiary/aromatic N) is 1. The number of aromatic nitrogens is 1. The molecule has 4 rings (SSSR count). The van der Waals surface area contributed by atoms with E-state index in [4.69, 9.17) is 16.3 Å². The van der Waals surface area contributed by atoms with Crippen molar-refractivity contribution in [2.24, 2.45) is 0 Å². The lowest BCUT2D eigenvalue weighted by atomic mass is 9.99. The van der Waals surface area contributed by atoms with Crippen molar-refractivity contribution < 1.29 is 14.6 Å². The maximum Gasteiger partial charge on any atom is 0.354 e. The number of rotatable bonds is 6. The summed E-state index contributed by atoms with van der Waals surface area (Å²) in [4.78, 5) is 15.7. The van der Waals surface area contributed by atoms with Gasteiger partial charge in [0.1, 0.15) is 18.1 Å². The van der Waals surface area contributed by atoms with Crippen molar-refractivity contribution in [2.75, 3.05) is 0 Å². The van der Waals surface area contributed by atoms with Crippen LogP contribution in [0.3, 0.4) is 0 Å². The quantitative estimate of drug-likeness (QED) is 0.415. The van der Waals surface area contributed by atoms with E-state index in [9.17, 15) is 9.90 Å². The molecule has 0 unspecified atom stereocenters. The van der Waals surface area contributed by atoms with Gasteiger partial charge >= 0.3 is 5.97 Å². The van der Waals surface area contributed by atoms with Gasteiger partial charge in [-0.05, 0) is 78.4 Å². The number of pyridine rings is 1. The van der Waals surface area contributed by atoms with E-state index in [2.05, 4.69) is 27.0 Å².